The molecule has 2 aromatic rings. The number of methoxy groups -OCH3 is 1. The average molecular weight is 332 g/mol. The molecule has 1 aromatic heterocycles. The van der Waals surface area contributed by atoms with Crippen LogP contribution in [-0.2, 0) is 0 Å². The fourth-order valence-electron chi connectivity index (χ4n) is 2.92. The number of aromatic carboxylic acids is 1. The molecule has 128 valence electrons. The summed E-state index contributed by atoms with van der Waals surface area (Å²) in [7, 11) is 3.63. The maximum atomic E-state index is 11.0. The summed E-state index contributed by atoms with van der Waals surface area (Å²) in [4.78, 5) is 13.2. The van der Waals surface area contributed by atoms with E-state index in [0.29, 0.717) is 22.8 Å². The Morgan fingerprint density at radius 2 is 2.29 bits per heavy atom. The molecule has 7 heteroatoms. The Balaban J connectivity index is 1.89. The first kappa shape index (κ1) is 16.3. The number of carboxylic acid groups (broad SMARTS) is 1. The summed E-state index contributed by atoms with van der Waals surface area (Å²) in [6.45, 7) is 1.94. The van der Waals surface area contributed by atoms with Gasteiger partial charge in [0.1, 0.15) is 11.8 Å². The number of rotatable bonds is 5. The van der Waals surface area contributed by atoms with Gasteiger partial charge in [0.05, 0.1) is 7.11 Å². The van der Waals surface area contributed by atoms with Gasteiger partial charge < -0.3 is 24.0 Å². The number of carboxylic acids is 1. The summed E-state index contributed by atoms with van der Waals surface area (Å²) in [5, 5.41) is 12.8. The van der Waals surface area contributed by atoms with Gasteiger partial charge in [0, 0.05) is 18.2 Å². The Bertz CT molecular complexity index is 728. The molecule has 1 aliphatic heterocycles. The van der Waals surface area contributed by atoms with Crippen molar-refractivity contribution in [1.82, 2.24) is 10.1 Å². The number of hydrogen-bond donors (Lipinski definition) is 1. The van der Waals surface area contributed by atoms with Crippen LogP contribution in [0.4, 0.5) is 0 Å². The molecule has 2 heterocycles. The topological polar surface area (TPSA) is 85.0 Å². The van der Waals surface area contributed by atoms with Gasteiger partial charge in [0.2, 0.25) is 5.76 Å². The van der Waals surface area contributed by atoms with E-state index in [0.717, 1.165) is 25.9 Å². The van der Waals surface area contributed by atoms with E-state index in [-0.39, 0.29) is 11.9 Å². The molecule has 1 aromatic carbocycles. The van der Waals surface area contributed by atoms with Crippen molar-refractivity contribution >= 4 is 5.97 Å². The Kier molecular flexibility index (Phi) is 4.71. The van der Waals surface area contributed by atoms with Crippen LogP contribution in [0.25, 0.3) is 11.3 Å². The second kappa shape index (κ2) is 6.92. The normalized spacial score (nSPS) is 18.3. The van der Waals surface area contributed by atoms with E-state index >= 15 is 0 Å². The molecular formula is C17H20N2O5. The number of aromatic nitrogens is 1. The van der Waals surface area contributed by atoms with Gasteiger partial charge in [-0.3, -0.25) is 0 Å². The number of para-hydroxylation sites is 1. The third kappa shape index (κ3) is 3.35. The summed E-state index contributed by atoms with van der Waals surface area (Å²) >= 11 is 0. The van der Waals surface area contributed by atoms with Crippen LogP contribution in [0.5, 0.6) is 11.5 Å². The van der Waals surface area contributed by atoms with Crippen LogP contribution in [0, 0.1) is 0 Å². The van der Waals surface area contributed by atoms with E-state index in [1.165, 1.54) is 6.07 Å². The van der Waals surface area contributed by atoms with Crippen molar-refractivity contribution in [2.24, 2.45) is 0 Å². The zero-order chi connectivity index (χ0) is 17.1. The Morgan fingerprint density at radius 3 is 2.96 bits per heavy atom. The average Bonchev–Trinajstić information content (AvgIpc) is 3.05. The van der Waals surface area contributed by atoms with E-state index < -0.39 is 5.97 Å². The van der Waals surface area contributed by atoms with Gasteiger partial charge in [-0.25, -0.2) is 4.79 Å². The highest BCUT2D eigenvalue weighted by molar-refractivity contribution is 5.86. The fourth-order valence-corrected chi connectivity index (χ4v) is 2.92. The van der Waals surface area contributed by atoms with E-state index in [4.69, 9.17) is 19.1 Å². The van der Waals surface area contributed by atoms with Gasteiger partial charge in [0.15, 0.2) is 11.5 Å². The molecule has 1 N–H and O–H groups in total. The number of benzene rings is 1. The van der Waals surface area contributed by atoms with E-state index in [9.17, 15) is 4.79 Å². The maximum absolute atomic E-state index is 11.0. The predicted octanol–water partition coefficient (Wildman–Crippen LogP) is 2.52. The minimum atomic E-state index is -1.16. The molecule has 3 rings (SSSR count). The first-order valence-electron chi connectivity index (χ1n) is 7.81. The molecule has 0 radical (unpaired) electrons. The number of hydrogen-bond acceptors (Lipinski definition) is 6. The summed E-state index contributed by atoms with van der Waals surface area (Å²) in [6, 6.07) is 6.84. The zero-order valence-electron chi connectivity index (χ0n) is 13.7. The summed E-state index contributed by atoms with van der Waals surface area (Å²) in [5.74, 6) is -0.233. The minimum absolute atomic E-state index is 0.0970. The Hall–Kier alpha value is -2.54. The van der Waals surface area contributed by atoms with Crippen LogP contribution in [0.2, 0.25) is 0 Å². The summed E-state index contributed by atoms with van der Waals surface area (Å²) < 4.78 is 16.5. The lowest BCUT2D eigenvalue weighted by atomic mass is 10.1. The highest BCUT2D eigenvalue weighted by Gasteiger charge is 2.22. The molecule has 7 nitrogen and oxygen atoms in total. The molecule has 0 aliphatic carbocycles. The number of likely N-dealkylation sites (tertiary alicyclic amines) is 1. The summed E-state index contributed by atoms with van der Waals surface area (Å²) in [6.07, 6.45) is 2.18. The first-order valence-corrected chi connectivity index (χ1v) is 7.81. The van der Waals surface area contributed by atoms with Crippen molar-refractivity contribution in [1.29, 1.82) is 0 Å². The SMILES string of the molecule is COc1c(OC2CCCN(C)C2)cccc1-c1cc(C(=O)O)on1. The van der Waals surface area contributed by atoms with Crippen LogP contribution in [0.1, 0.15) is 23.4 Å². The van der Waals surface area contributed by atoms with Crippen LogP contribution in [-0.4, -0.2) is 54.5 Å². The quantitative estimate of drug-likeness (QED) is 0.900. The number of carbonyl (C=O) groups is 1. The number of piperidine rings is 1. The highest BCUT2D eigenvalue weighted by atomic mass is 16.5. The molecule has 0 spiro atoms. The van der Waals surface area contributed by atoms with Crippen LogP contribution in [0.15, 0.2) is 28.8 Å². The molecule has 24 heavy (non-hydrogen) atoms. The van der Waals surface area contributed by atoms with Crippen molar-refractivity contribution in [3.63, 3.8) is 0 Å². The maximum Gasteiger partial charge on any atom is 0.374 e. The monoisotopic (exact) mass is 332 g/mol. The first-order chi connectivity index (χ1) is 11.6. The zero-order valence-corrected chi connectivity index (χ0v) is 13.7. The standard InChI is InChI=1S/C17H20N2O5/c1-19-8-4-5-11(10-19)23-14-7-3-6-12(16(14)22-2)13-9-15(17(20)21)24-18-13/h3,6-7,9,11H,4-5,8,10H2,1-2H3,(H,20,21). The third-order valence-electron chi connectivity index (χ3n) is 4.05. The van der Waals surface area contributed by atoms with Gasteiger partial charge in [-0.2, -0.15) is 0 Å². The fraction of sp³-hybridized carbons (Fsp3) is 0.412. The lowest BCUT2D eigenvalue weighted by Crippen LogP contribution is -2.38. The van der Waals surface area contributed by atoms with Crippen LogP contribution >= 0.6 is 0 Å². The van der Waals surface area contributed by atoms with Crippen molar-refractivity contribution in [3.8, 4) is 22.8 Å². The summed E-state index contributed by atoms with van der Waals surface area (Å²) in [5.41, 5.74) is 1.03. The van der Waals surface area contributed by atoms with E-state index in [1.807, 2.05) is 12.1 Å². The van der Waals surface area contributed by atoms with Gasteiger partial charge in [-0.05, 0) is 38.6 Å². The third-order valence-corrected chi connectivity index (χ3v) is 4.05. The van der Waals surface area contributed by atoms with Gasteiger partial charge in [0.25, 0.3) is 0 Å². The lowest BCUT2D eigenvalue weighted by molar-refractivity contribution is 0.0652. The molecule has 1 fully saturated rings. The van der Waals surface area contributed by atoms with Gasteiger partial charge >= 0.3 is 5.97 Å². The Labute approximate surface area is 139 Å². The van der Waals surface area contributed by atoms with Gasteiger partial charge in [-0.15, -0.1) is 0 Å². The smallest absolute Gasteiger partial charge is 0.374 e. The lowest BCUT2D eigenvalue weighted by Gasteiger charge is -2.30. The minimum Gasteiger partial charge on any atom is -0.492 e. The Morgan fingerprint density at radius 1 is 1.46 bits per heavy atom. The van der Waals surface area contributed by atoms with Crippen LogP contribution < -0.4 is 9.47 Å². The molecule has 1 aliphatic rings. The second-order valence-corrected chi connectivity index (χ2v) is 5.86. The molecule has 0 saturated carbocycles. The molecule has 1 atom stereocenters. The second-order valence-electron chi connectivity index (χ2n) is 5.86. The molecule has 0 bridgehead atoms. The van der Waals surface area contributed by atoms with Crippen LogP contribution in [0.3, 0.4) is 0 Å². The van der Waals surface area contributed by atoms with E-state index in [1.54, 1.807) is 13.2 Å². The van der Waals surface area contributed by atoms with Crippen molar-refractivity contribution < 1.29 is 23.9 Å². The predicted molar refractivity (Wildman–Crippen MR) is 86.6 cm³/mol. The van der Waals surface area contributed by atoms with Gasteiger partial charge in [-0.1, -0.05) is 11.2 Å². The number of nitrogens with zero attached hydrogens (tertiary/aromatic N) is 2. The van der Waals surface area contributed by atoms with Crippen molar-refractivity contribution in [2.75, 3.05) is 27.2 Å². The van der Waals surface area contributed by atoms with Crippen molar-refractivity contribution in [3.05, 3.63) is 30.0 Å². The molecule has 1 unspecified atom stereocenters. The molecule has 0 amide bonds. The molecular weight excluding hydrogens is 312 g/mol. The highest BCUT2D eigenvalue weighted by Crippen LogP contribution is 2.38. The van der Waals surface area contributed by atoms with E-state index in [2.05, 4.69) is 17.1 Å². The molecule has 1 saturated heterocycles. The number of ether oxygens (including phenoxy) is 2. The largest absolute Gasteiger partial charge is 0.492 e. The number of likely N-dealkylation sites (N-methyl/N-ethyl adjacent to an activating group) is 1. The van der Waals surface area contributed by atoms with Crippen molar-refractivity contribution in [2.45, 2.75) is 18.9 Å².